The number of fused-ring (bicyclic) bond motifs is 1. The van der Waals surface area contributed by atoms with Crippen molar-refractivity contribution in [1.29, 1.82) is 0 Å². The first kappa shape index (κ1) is 19.3. The molecule has 0 bridgehead atoms. The number of hydrogen-bond acceptors (Lipinski definition) is 4. The summed E-state index contributed by atoms with van der Waals surface area (Å²) in [6, 6.07) is 19.3. The lowest BCUT2D eigenvalue weighted by molar-refractivity contribution is -0.384. The van der Waals surface area contributed by atoms with Crippen LogP contribution in [0, 0.1) is 24.0 Å². The Kier molecular flexibility index (Phi) is 4.98. The Hall–Kier alpha value is -4.06. The summed E-state index contributed by atoms with van der Waals surface area (Å²) in [7, 11) is 0. The number of non-ortho nitro benzene ring substituents is 1. The van der Waals surface area contributed by atoms with Gasteiger partial charge in [0.1, 0.15) is 5.82 Å². The van der Waals surface area contributed by atoms with E-state index in [1.165, 1.54) is 12.1 Å². The Morgan fingerprint density at radius 2 is 1.73 bits per heavy atom. The van der Waals surface area contributed by atoms with Crippen molar-refractivity contribution < 1.29 is 4.92 Å². The van der Waals surface area contributed by atoms with E-state index in [1.807, 2.05) is 44.2 Å². The van der Waals surface area contributed by atoms with Crippen LogP contribution in [0.5, 0.6) is 0 Å². The van der Waals surface area contributed by atoms with Crippen LogP contribution in [0.1, 0.15) is 22.5 Å². The Bertz CT molecular complexity index is 1370. The van der Waals surface area contributed by atoms with Crippen molar-refractivity contribution >= 4 is 28.7 Å². The Morgan fingerprint density at radius 3 is 2.50 bits per heavy atom. The number of benzene rings is 3. The lowest BCUT2D eigenvalue weighted by Crippen LogP contribution is -2.22. The number of para-hydroxylation sites is 1. The molecular formula is C24H19N3O3. The van der Waals surface area contributed by atoms with Gasteiger partial charge in [-0.05, 0) is 60.9 Å². The summed E-state index contributed by atoms with van der Waals surface area (Å²) in [5, 5.41) is 11.6. The van der Waals surface area contributed by atoms with Gasteiger partial charge in [0, 0.05) is 12.1 Å². The molecule has 0 N–H and O–H groups in total. The molecule has 4 rings (SSSR count). The van der Waals surface area contributed by atoms with Crippen LogP contribution >= 0.6 is 0 Å². The van der Waals surface area contributed by atoms with E-state index >= 15 is 0 Å². The first-order valence-corrected chi connectivity index (χ1v) is 9.46. The smallest absolute Gasteiger partial charge is 0.268 e. The minimum atomic E-state index is -0.434. The molecule has 0 aliphatic heterocycles. The van der Waals surface area contributed by atoms with Gasteiger partial charge in [-0.25, -0.2) is 4.98 Å². The molecule has 0 saturated heterocycles. The lowest BCUT2D eigenvalue weighted by Gasteiger charge is -2.13. The van der Waals surface area contributed by atoms with Gasteiger partial charge in [-0.1, -0.05) is 36.4 Å². The third-order valence-electron chi connectivity index (χ3n) is 5.06. The summed E-state index contributed by atoms with van der Waals surface area (Å²) < 4.78 is 1.57. The third-order valence-corrected chi connectivity index (χ3v) is 5.06. The molecule has 0 saturated carbocycles. The van der Waals surface area contributed by atoms with Crippen LogP contribution in [0.4, 0.5) is 5.69 Å². The lowest BCUT2D eigenvalue weighted by atomic mass is 10.1. The topological polar surface area (TPSA) is 78.0 Å². The highest BCUT2D eigenvalue weighted by molar-refractivity contribution is 5.80. The van der Waals surface area contributed by atoms with Gasteiger partial charge in [0.25, 0.3) is 11.2 Å². The van der Waals surface area contributed by atoms with Gasteiger partial charge in [-0.3, -0.25) is 19.5 Å². The highest BCUT2D eigenvalue weighted by Crippen LogP contribution is 2.19. The molecule has 4 aromatic rings. The van der Waals surface area contributed by atoms with E-state index in [2.05, 4.69) is 4.98 Å². The fraction of sp³-hybridized carbons (Fsp3) is 0.0833. The van der Waals surface area contributed by atoms with Crippen LogP contribution in [0.2, 0.25) is 0 Å². The predicted molar refractivity (Wildman–Crippen MR) is 119 cm³/mol. The monoisotopic (exact) mass is 397 g/mol. The second-order valence-electron chi connectivity index (χ2n) is 7.08. The number of nitrogens with zero attached hydrogens (tertiary/aromatic N) is 3. The molecular weight excluding hydrogens is 378 g/mol. The summed E-state index contributed by atoms with van der Waals surface area (Å²) in [5.41, 5.74) is 4.02. The third kappa shape index (κ3) is 3.63. The molecule has 0 aliphatic carbocycles. The summed E-state index contributed by atoms with van der Waals surface area (Å²) in [6.45, 7) is 4.01. The molecule has 1 aromatic heterocycles. The van der Waals surface area contributed by atoms with Gasteiger partial charge in [-0.2, -0.15) is 0 Å². The van der Waals surface area contributed by atoms with Gasteiger partial charge in [-0.15, -0.1) is 0 Å². The number of rotatable bonds is 4. The maximum atomic E-state index is 13.3. The number of aromatic nitrogens is 2. The van der Waals surface area contributed by atoms with Crippen molar-refractivity contribution in [3.05, 3.63) is 110 Å². The van der Waals surface area contributed by atoms with Gasteiger partial charge in [0.2, 0.25) is 0 Å². The van der Waals surface area contributed by atoms with E-state index in [4.69, 9.17) is 0 Å². The molecule has 0 aliphatic rings. The van der Waals surface area contributed by atoms with Crippen molar-refractivity contribution in [3.63, 3.8) is 0 Å². The molecule has 6 nitrogen and oxygen atoms in total. The van der Waals surface area contributed by atoms with Crippen molar-refractivity contribution in [2.75, 3.05) is 0 Å². The van der Waals surface area contributed by atoms with Gasteiger partial charge < -0.3 is 0 Å². The van der Waals surface area contributed by atoms with Crippen LogP contribution in [0.3, 0.4) is 0 Å². The summed E-state index contributed by atoms with van der Waals surface area (Å²) in [4.78, 5) is 28.6. The second kappa shape index (κ2) is 7.75. The molecule has 30 heavy (non-hydrogen) atoms. The molecule has 0 unspecified atom stereocenters. The molecule has 0 amide bonds. The number of nitro benzene ring substituents is 1. The fourth-order valence-electron chi connectivity index (χ4n) is 3.29. The van der Waals surface area contributed by atoms with Crippen LogP contribution in [-0.4, -0.2) is 14.5 Å². The summed E-state index contributed by atoms with van der Waals surface area (Å²) in [5.74, 6) is 0.452. The SMILES string of the molecule is Cc1ccc(-n2c(C=Cc3cccc([N+](=O)[O-])c3)nc3ccccc3c2=O)cc1C. The number of aryl methyl sites for hydroxylation is 2. The van der Waals surface area contributed by atoms with Crippen molar-refractivity contribution in [2.45, 2.75) is 13.8 Å². The molecule has 1 heterocycles. The zero-order valence-electron chi connectivity index (χ0n) is 16.6. The normalized spacial score (nSPS) is 11.3. The van der Waals surface area contributed by atoms with E-state index < -0.39 is 4.92 Å². The van der Waals surface area contributed by atoms with Crippen LogP contribution in [-0.2, 0) is 0 Å². The van der Waals surface area contributed by atoms with E-state index in [1.54, 1.807) is 41.0 Å². The van der Waals surface area contributed by atoms with Gasteiger partial charge in [0.15, 0.2) is 0 Å². The zero-order chi connectivity index (χ0) is 21.3. The Labute approximate surface area is 172 Å². The number of hydrogen-bond donors (Lipinski definition) is 0. The highest BCUT2D eigenvalue weighted by Gasteiger charge is 2.12. The minimum absolute atomic E-state index is 0.00942. The maximum absolute atomic E-state index is 13.3. The average molecular weight is 397 g/mol. The summed E-state index contributed by atoms with van der Waals surface area (Å²) >= 11 is 0. The van der Waals surface area contributed by atoms with Gasteiger partial charge >= 0.3 is 0 Å². The zero-order valence-corrected chi connectivity index (χ0v) is 16.6. The molecule has 0 atom stereocenters. The van der Waals surface area contributed by atoms with Crippen LogP contribution in [0.15, 0.2) is 71.5 Å². The maximum Gasteiger partial charge on any atom is 0.270 e. The van der Waals surface area contributed by atoms with Crippen molar-refractivity contribution in [2.24, 2.45) is 0 Å². The molecule has 6 heteroatoms. The van der Waals surface area contributed by atoms with Crippen molar-refractivity contribution in [3.8, 4) is 5.69 Å². The van der Waals surface area contributed by atoms with E-state index in [9.17, 15) is 14.9 Å². The fourth-order valence-corrected chi connectivity index (χ4v) is 3.29. The van der Waals surface area contributed by atoms with E-state index in [0.29, 0.717) is 22.3 Å². The summed E-state index contributed by atoms with van der Waals surface area (Å²) in [6.07, 6.45) is 3.43. The van der Waals surface area contributed by atoms with Crippen LogP contribution in [0.25, 0.3) is 28.7 Å². The Balaban J connectivity index is 1.92. The quantitative estimate of drug-likeness (QED) is 0.355. The predicted octanol–water partition coefficient (Wildman–Crippen LogP) is 5.08. The Morgan fingerprint density at radius 1 is 0.933 bits per heavy atom. The van der Waals surface area contributed by atoms with Crippen molar-refractivity contribution in [1.82, 2.24) is 9.55 Å². The standard InChI is InChI=1S/C24H19N3O3/c1-16-10-12-19(14-17(16)2)26-23(25-22-9-4-3-8-21(22)24(26)28)13-11-18-6-5-7-20(15-18)27(29)30/h3-15H,1-2H3. The molecule has 3 aromatic carbocycles. The molecule has 0 radical (unpaired) electrons. The molecule has 0 fully saturated rings. The largest absolute Gasteiger partial charge is 0.270 e. The molecule has 0 spiro atoms. The minimum Gasteiger partial charge on any atom is -0.268 e. The average Bonchev–Trinajstić information content (AvgIpc) is 2.75. The van der Waals surface area contributed by atoms with E-state index in [0.717, 1.165) is 16.8 Å². The number of nitro groups is 1. The van der Waals surface area contributed by atoms with Crippen LogP contribution < -0.4 is 5.56 Å². The van der Waals surface area contributed by atoms with Gasteiger partial charge in [0.05, 0.1) is 21.5 Å². The van der Waals surface area contributed by atoms with E-state index in [-0.39, 0.29) is 11.2 Å². The highest BCUT2D eigenvalue weighted by atomic mass is 16.6. The molecule has 148 valence electrons. The second-order valence-corrected chi connectivity index (χ2v) is 7.08. The first-order valence-electron chi connectivity index (χ1n) is 9.46. The first-order chi connectivity index (χ1) is 14.4.